The summed E-state index contributed by atoms with van der Waals surface area (Å²) in [6, 6.07) is 2.62. The first-order valence-electron chi connectivity index (χ1n) is 26.4. The van der Waals surface area contributed by atoms with Crippen LogP contribution >= 0.6 is 0 Å². The molecule has 13 N–H and O–H groups in total. The number of hydrogen-bond acceptors (Lipinski definition) is 21. The highest BCUT2D eigenvalue weighted by Crippen LogP contribution is 2.37. The van der Waals surface area contributed by atoms with E-state index in [4.69, 9.17) is 28.4 Å². The highest BCUT2D eigenvalue weighted by molar-refractivity contribution is 5.76. The summed E-state index contributed by atoms with van der Waals surface area (Å²) in [6.45, 7) is -0.00738. The second kappa shape index (κ2) is 33.2. The molecule has 4 heterocycles. The van der Waals surface area contributed by atoms with Crippen LogP contribution in [0.3, 0.4) is 0 Å². The van der Waals surface area contributed by atoms with Gasteiger partial charge in [0.15, 0.2) is 18.9 Å². The molecular weight excluding hydrogens is 975 g/mol. The number of nitrogens with zero attached hydrogens (tertiary/aromatic N) is 1. The molecule has 2 amide bonds. The normalized spacial score (nSPS) is 32.1. The molecule has 3 aliphatic rings. The standard InChI is InChI=1S/C51H85N3O20/c1-3-4-5-6-7-8-9-10-11-12-13-14-15-16-17-21-39(63)54-33(34(60)23-22-32-20-18-19-24-52-32)29-69-49-44(67)43(66)46(38(28-57)71-49)72-50-45(68)48(42(65)37(27-56)70-50)74-51(30-58)25-35(61)40(53-31(2)59)47(73-51)41(64)36(62)26-55/h18-20,22-24,30,33-38,40-50,55-57,60-62,64-68H,3-17,21,25-29H2,1-2H3,(H,53,59)(H,54,63)/b23-22+/t33-,34+,35?,36+,37?,38?,40+,41+,42-,43?,44?,45?,46+,47?,48?,49+,50-,51-/m0/s1. The van der Waals surface area contributed by atoms with Crippen molar-refractivity contribution in [3.8, 4) is 0 Å². The van der Waals surface area contributed by atoms with Crippen molar-refractivity contribution in [2.24, 2.45) is 0 Å². The lowest BCUT2D eigenvalue weighted by molar-refractivity contribution is -0.382. The van der Waals surface area contributed by atoms with Gasteiger partial charge in [0.05, 0.1) is 56.4 Å². The van der Waals surface area contributed by atoms with Crippen molar-refractivity contribution in [1.82, 2.24) is 15.6 Å². The topological polar surface area (TPSA) is 366 Å². The van der Waals surface area contributed by atoms with Crippen LogP contribution in [0.2, 0.25) is 0 Å². The maximum atomic E-state index is 13.2. The van der Waals surface area contributed by atoms with Crippen LogP contribution < -0.4 is 10.6 Å². The summed E-state index contributed by atoms with van der Waals surface area (Å²) < 4.78 is 34.7. The number of unbranched alkanes of at least 4 members (excludes halogenated alkanes) is 14. The van der Waals surface area contributed by atoms with Crippen LogP contribution in [0.1, 0.15) is 129 Å². The van der Waals surface area contributed by atoms with Crippen LogP contribution in [-0.2, 0) is 42.8 Å². The molecule has 0 saturated carbocycles. The molecule has 424 valence electrons. The Labute approximate surface area is 433 Å². The van der Waals surface area contributed by atoms with E-state index in [-0.39, 0.29) is 18.6 Å². The molecule has 0 aromatic carbocycles. The number of rotatable bonds is 34. The molecule has 0 spiro atoms. The number of aliphatic hydroxyl groups is 11. The summed E-state index contributed by atoms with van der Waals surface area (Å²) in [4.78, 5) is 42.2. The van der Waals surface area contributed by atoms with Crippen LogP contribution in [0.15, 0.2) is 30.5 Å². The van der Waals surface area contributed by atoms with Crippen molar-refractivity contribution in [3.63, 3.8) is 0 Å². The lowest BCUT2D eigenvalue weighted by Gasteiger charge is -2.50. The third-order valence-corrected chi connectivity index (χ3v) is 13.7. The van der Waals surface area contributed by atoms with E-state index in [0.717, 1.165) is 32.6 Å². The van der Waals surface area contributed by atoms with Gasteiger partial charge in [-0.1, -0.05) is 109 Å². The highest BCUT2D eigenvalue weighted by Gasteiger charge is 2.57. The van der Waals surface area contributed by atoms with Gasteiger partial charge in [-0.25, -0.2) is 0 Å². The van der Waals surface area contributed by atoms with Crippen molar-refractivity contribution >= 4 is 24.2 Å². The monoisotopic (exact) mass is 1060 g/mol. The number of amides is 2. The van der Waals surface area contributed by atoms with Gasteiger partial charge in [-0.05, 0) is 24.6 Å². The smallest absolute Gasteiger partial charge is 0.229 e. The summed E-state index contributed by atoms with van der Waals surface area (Å²) in [5, 5.41) is 124. The van der Waals surface area contributed by atoms with E-state index in [1.807, 2.05) is 0 Å². The molecule has 1 aromatic rings. The van der Waals surface area contributed by atoms with Gasteiger partial charge in [-0.2, -0.15) is 0 Å². The van der Waals surface area contributed by atoms with Gasteiger partial charge in [0, 0.05) is 26.0 Å². The first-order valence-corrected chi connectivity index (χ1v) is 26.4. The zero-order valence-corrected chi connectivity index (χ0v) is 42.7. The average molecular weight is 1060 g/mol. The number of nitrogens with one attached hydrogen (secondary N) is 2. The zero-order valence-electron chi connectivity index (χ0n) is 42.7. The molecule has 3 aliphatic heterocycles. The molecule has 18 atom stereocenters. The van der Waals surface area contributed by atoms with E-state index in [9.17, 15) is 70.6 Å². The molecule has 3 fully saturated rings. The largest absolute Gasteiger partial charge is 0.394 e. The molecule has 0 aliphatic carbocycles. The fraction of sp³-hybridized carbons (Fsp3) is 0.804. The minimum absolute atomic E-state index is 0.0221. The second-order valence-corrected chi connectivity index (χ2v) is 19.7. The van der Waals surface area contributed by atoms with E-state index in [2.05, 4.69) is 22.5 Å². The number of aliphatic hydroxyl groups excluding tert-OH is 11. The minimum Gasteiger partial charge on any atom is -0.394 e. The molecule has 8 unspecified atom stereocenters. The van der Waals surface area contributed by atoms with Gasteiger partial charge < -0.3 is 95.2 Å². The molecule has 23 heteroatoms. The molecule has 4 rings (SSSR count). The molecule has 74 heavy (non-hydrogen) atoms. The van der Waals surface area contributed by atoms with Crippen LogP contribution in [0.4, 0.5) is 0 Å². The number of carbonyl (C=O) groups is 3. The van der Waals surface area contributed by atoms with Crippen molar-refractivity contribution < 1.29 is 99.0 Å². The summed E-state index contributed by atoms with van der Waals surface area (Å²) in [7, 11) is 0. The van der Waals surface area contributed by atoms with Crippen molar-refractivity contribution in [3.05, 3.63) is 36.2 Å². The van der Waals surface area contributed by atoms with E-state index >= 15 is 0 Å². The molecule has 0 radical (unpaired) electrons. The van der Waals surface area contributed by atoms with Gasteiger partial charge >= 0.3 is 0 Å². The number of hydrogen-bond donors (Lipinski definition) is 13. The number of aromatic nitrogens is 1. The Bertz CT molecular complexity index is 1770. The maximum absolute atomic E-state index is 13.2. The third-order valence-electron chi connectivity index (χ3n) is 13.7. The third kappa shape index (κ3) is 19.4. The lowest BCUT2D eigenvalue weighted by atomic mass is 9.88. The Kier molecular flexibility index (Phi) is 28.4. The minimum atomic E-state index is -2.64. The Balaban J connectivity index is 1.37. The predicted octanol–water partition coefficient (Wildman–Crippen LogP) is -0.869. The summed E-state index contributed by atoms with van der Waals surface area (Å²) in [6.07, 6.45) is -6.02. The van der Waals surface area contributed by atoms with Gasteiger partial charge in [0.2, 0.25) is 17.6 Å². The molecule has 23 nitrogen and oxygen atoms in total. The van der Waals surface area contributed by atoms with Gasteiger partial charge in [0.25, 0.3) is 0 Å². The second-order valence-electron chi connectivity index (χ2n) is 19.7. The average Bonchev–Trinajstić information content (AvgIpc) is 3.39. The van der Waals surface area contributed by atoms with Gasteiger partial charge in [-0.3, -0.25) is 19.4 Å². The number of aldehydes is 1. The van der Waals surface area contributed by atoms with Crippen molar-refractivity contribution in [2.45, 2.75) is 233 Å². The molecular formula is C51H85N3O20. The summed E-state index contributed by atoms with van der Waals surface area (Å²) in [5.74, 6) is -3.71. The Morgan fingerprint density at radius 2 is 1.41 bits per heavy atom. The van der Waals surface area contributed by atoms with Gasteiger partial charge in [0.1, 0.15) is 67.1 Å². The van der Waals surface area contributed by atoms with Crippen molar-refractivity contribution in [1.29, 1.82) is 0 Å². The Morgan fingerprint density at radius 3 is 1.96 bits per heavy atom. The predicted molar refractivity (Wildman–Crippen MR) is 263 cm³/mol. The van der Waals surface area contributed by atoms with Gasteiger partial charge in [-0.15, -0.1) is 0 Å². The summed E-state index contributed by atoms with van der Waals surface area (Å²) >= 11 is 0. The lowest BCUT2D eigenvalue weighted by Crippen LogP contribution is -2.69. The molecule has 3 saturated heterocycles. The highest BCUT2D eigenvalue weighted by atomic mass is 16.8. The summed E-state index contributed by atoms with van der Waals surface area (Å²) in [5.41, 5.74) is 0.524. The number of carbonyl (C=O) groups excluding carboxylic acids is 3. The molecule has 1 aromatic heterocycles. The maximum Gasteiger partial charge on any atom is 0.229 e. The first kappa shape index (κ1) is 63.4. The van der Waals surface area contributed by atoms with Crippen LogP contribution in [-0.4, -0.2) is 215 Å². The SMILES string of the molecule is CCCCCCCCCCCCCCCCCC(=O)N[C@@H](CO[C@@H]1OC(CO)[C@@H](O[C@@H]2OC(CO)[C@H](O)C(O[C@]3(C=O)CC(O)[C@@H](NC(C)=O)C([C@H](O)[C@H](O)CO)O3)C2O)C(O)C1O)[C@H](O)/C=C/c1ccccn1. The van der Waals surface area contributed by atoms with E-state index < -0.39 is 149 Å². The number of pyridine rings is 1. The van der Waals surface area contributed by atoms with Crippen LogP contribution in [0, 0.1) is 0 Å². The van der Waals surface area contributed by atoms with E-state index in [1.165, 1.54) is 70.3 Å². The van der Waals surface area contributed by atoms with Crippen LogP contribution in [0.5, 0.6) is 0 Å². The number of ether oxygens (including phenoxy) is 6. The fourth-order valence-corrected chi connectivity index (χ4v) is 9.41. The first-order chi connectivity index (χ1) is 35.5. The van der Waals surface area contributed by atoms with E-state index in [0.29, 0.717) is 12.1 Å². The zero-order chi connectivity index (χ0) is 54.2. The van der Waals surface area contributed by atoms with E-state index in [1.54, 1.807) is 30.5 Å². The quantitative estimate of drug-likeness (QED) is 0.0295. The Hall–Kier alpha value is -3.18. The fourth-order valence-electron chi connectivity index (χ4n) is 9.41. The molecule has 0 bridgehead atoms. The van der Waals surface area contributed by atoms with Crippen LogP contribution in [0.25, 0.3) is 6.08 Å². The van der Waals surface area contributed by atoms with Crippen molar-refractivity contribution in [2.75, 3.05) is 26.4 Å². The Morgan fingerprint density at radius 1 is 0.797 bits per heavy atom.